The molecule has 0 aliphatic heterocycles. The van der Waals surface area contributed by atoms with Crippen LogP contribution in [-0.2, 0) is 32.2 Å². The first-order chi connectivity index (χ1) is 38.8. The molecular formula is C64H62N4O12. The molecule has 0 aromatic heterocycles. The average molecular weight is 1080 g/mol. The molecule has 16 heteroatoms. The summed E-state index contributed by atoms with van der Waals surface area (Å²) in [6.45, 7) is 0.334. The van der Waals surface area contributed by atoms with Crippen LogP contribution >= 0.6 is 0 Å². The Kier molecular flexibility index (Phi) is 16.9. The van der Waals surface area contributed by atoms with Crippen molar-refractivity contribution in [2.75, 3.05) is 62.2 Å². The maximum absolute atomic E-state index is 12.5. The van der Waals surface area contributed by atoms with E-state index in [9.17, 15) is 20.4 Å². The number of nitrogens with one attached hydrogen (secondary N) is 1. The van der Waals surface area contributed by atoms with Crippen molar-refractivity contribution in [3.63, 3.8) is 0 Å². The van der Waals surface area contributed by atoms with Crippen LogP contribution in [0.25, 0.3) is 0 Å². The van der Waals surface area contributed by atoms with E-state index in [1.54, 1.807) is 136 Å². The average Bonchev–Trinajstić information content (AvgIpc) is 3.48. The Morgan fingerprint density at radius 3 is 0.912 bits per heavy atom. The van der Waals surface area contributed by atoms with Crippen molar-refractivity contribution in [1.29, 1.82) is 0 Å². The van der Waals surface area contributed by atoms with Gasteiger partial charge in [0, 0.05) is 148 Å². The summed E-state index contributed by atoms with van der Waals surface area (Å²) in [5, 5.41) is 53.4. The summed E-state index contributed by atoms with van der Waals surface area (Å²) in [5.41, 5.74) is 8.47. The second-order valence-electron chi connectivity index (χ2n) is 18.8. The van der Waals surface area contributed by atoms with Gasteiger partial charge in [-0.05, 0) is 97.1 Å². The maximum Gasteiger partial charge on any atom is 0.131 e. The van der Waals surface area contributed by atoms with E-state index in [-0.39, 0.29) is 48.7 Å². The molecule has 0 spiro atoms. The highest BCUT2D eigenvalue weighted by Crippen LogP contribution is 2.43. The normalized spacial score (nSPS) is 12.2. The van der Waals surface area contributed by atoms with Crippen molar-refractivity contribution < 1.29 is 58.3 Å². The summed E-state index contributed by atoms with van der Waals surface area (Å²) in [6, 6.07) is 36.0. The second-order valence-corrected chi connectivity index (χ2v) is 18.8. The molecule has 1 aliphatic rings. The molecule has 0 saturated heterocycles. The minimum atomic E-state index is -0.0687. The monoisotopic (exact) mass is 1080 g/mol. The van der Waals surface area contributed by atoms with Crippen LogP contribution in [-0.4, -0.2) is 95.9 Å². The predicted molar refractivity (Wildman–Crippen MR) is 311 cm³/mol. The second kappa shape index (κ2) is 24.7. The molecular weight excluding hydrogens is 1020 g/mol. The first-order valence-electron chi connectivity index (χ1n) is 25.5. The number of methoxy groups -OCH3 is 8. The third-order valence-corrected chi connectivity index (χ3v) is 13.9. The van der Waals surface area contributed by atoms with Crippen molar-refractivity contribution in [2.24, 2.45) is 15.0 Å². The van der Waals surface area contributed by atoms with E-state index < -0.39 is 0 Å². The molecule has 16 nitrogen and oxygen atoms in total. The summed E-state index contributed by atoms with van der Waals surface area (Å²) >= 11 is 0. The van der Waals surface area contributed by atoms with E-state index in [1.807, 2.05) is 60.7 Å². The number of rotatable bonds is 17. The minimum Gasteiger partial charge on any atom is -0.507 e. The zero-order valence-electron chi connectivity index (χ0n) is 45.7. The van der Waals surface area contributed by atoms with Crippen molar-refractivity contribution in [3.8, 4) is 69.0 Å². The zero-order valence-corrected chi connectivity index (χ0v) is 45.7. The fourth-order valence-electron chi connectivity index (χ4n) is 9.61. The molecule has 5 N–H and O–H groups in total. The third kappa shape index (κ3) is 12.3. The van der Waals surface area contributed by atoms with E-state index in [0.717, 1.165) is 5.56 Å². The van der Waals surface area contributed by atoms with E-state index in [2.05, 4.69) is 5.32 Å². The molecule has 0 unspecified atom stereocenters. The van der Waals surface area contributed by atoms with Gasteiger partial charge < -0.3 is 63.6 Å². The Hall–Kier alpha value is -9.83. The van der Waals surface area contributed by atoms with Gasteiger partial charge in [0.05, 0.1) is 73.9 Å². The lowest BCUT2D eigenvalue weighted by Gasteiger charge is -2.20. The Bertz CT molecular complexity index is 3520. The highest BCUT2D eigenvalue weighted by atomic mass is 16.5. The molecule has 0 radical (unpaired) electrons. The molecule has 0 atom stereocenters. The van der Waals surface area contributed by atoms with E-state index >= 15 is 0 Å². The van der Waals surface area contributed by atoms with Crippen molar-refractivity contribution in [1.82, 2.24) is 0 Å². The minimum absolute atomic E-state index is 0.00980. The lowest BCUT2D eigenvalue weighted by Crippen LogP contribution is -2.05. The predicted octanol–water partition coefficient (Wildman–Crippen LogP) is 12.1. The topological polar surface area (TPSA) is 204 Å². The van der Waals surface area contributed by atoms with E-state index in [4.69, 9.17) is 52.9 Å². The number of benzene rings is 8. The molecule has 0 saturated carbocycles. The van der Waals surface area contributed by atoms with Gasteiger partial charge in [0.15, 0.2) is 0 Å². The Morgan fingerprint density at radius 1 is 0.350 bits per heavy atom. The lowest BCUT2D eigenvalue weighted by atomic mass is 9.90. The fraction of sp³-hybridized carbons (Fsp3) is 0.203. The molecule has 8 aromatic rings. The van der Waals surface area contributed by atoms with Crippen LogP contribution in [0, 0.1) is 0 Å². The summed E-state index contributed by atoms with van der Waals surface area (Å²) in [5.74, 6) is 4.49. The number of hydrogen-bond acceptors (Lipinski definition) is 16. The van der Waals surface area contributed by atoms with Gasteiger partial charge in [0.1, 0.15) is 69.0 Å². The lowest BCUT2D eigenvalue weighted by molar-refractivity contribution is 0.391. The maximum atomic E-state index is 12.5. The van der Waals surface area contributed by atoms with Crippen LogP contribution in [0.3, 0.4) is 0 Å². The smallest absolute Gasteiger partial charge is 0.131 e. The summed E-state index contributed by atoms with van der Waals surface area (Å²) < 4.78 is 44.5. The molecule has 9 rings (SSSR count). The SMILES string of the molecule is COc1ccc(C=Nc2cc3c(O)c(c2)Cc2cc(N=Cc4ccc(OC)cc4OC)cc(c2O)Cc2cc(NCc4ccc(OC)cc4OC)cc(c2O)Cc2cc(N=Cc4ccc(OC)cc4OC)cc(c2O)C3)c(OC)c1. The van der Waals surface area contributed by atoms with E-state index in [1.165, 1.54) is 0 Å². The van der Waals surface area contributed by atoms with Gasteiger partial charge in [-0.25, -0.2) is 0 Å². The molecule has 8 aromatic carbocycles. The van der Waals surface area contributed by atoms with Gasteiger partial charge in [0.2, 0.25) is 0 Å². The van der Waals surface area contributed by atoms with Crippen LogP contribution < -0.4 is 43.2 Å². The molecule has 8 bridgehead atoms. The fourth-order valence-corrected chi connectivity index (χ4v) is 9.61. The number of ether oxygens (including phenoxy) is 8. The standard InChI is InChI=1S/C64H62N4O12/c1-73-53-13-9-37(57(29-53)77-5)33-65-49-21-41-17-43-23-50(66-34-38-10-14-54(74-2)30-58(38)78-6)25-45(62(43)70)19-47-27-52(68-36-40-12-16-56(76-4)32-60(40)80-8)28-48(64(47)72)20-46-26-51(24-44(63(46)71)18-42(22-49)61(41)69)67-35-39-11-15-55(75-3)31-59(39)79-7/h9-16,21-35,68-72H,17-20,36H2,1-8H3. The Balaban J connectivity index is 1.24. The van der Waals surface area contributed by atoms with Gasteiger partial charge >= 0.3 is 0 Å². The number of fused-ring (bicyclic) bond motifs is 8. The van der Waals surface area contributed by atoms with Crippen LogP contribution in [0.1, 0.15) is 66.8 Å². The first kappa shape index (κ1) is 54.9. The number of nitrogens with zero attached hydrogens (tertiary/aromatic N) is 3. The van der Waals surface area contributed by atoms with Gasteiger partial charge in [-0.15, -0.1) is 0 Å². The van der Waals surface area contributed by atoms with Gasteiger partial charge in [-0.3, -0.25) is 15.0 Å². The molecule has 410 valence electrons. The van der Waals surface area contributed by atoms with Gasteiger partial charge in [0.25, 0.3) is 0 Å². The number of phenols is 4. The summed E-state index contributed by atoms with van der Waals surface area (Å²) in [7, 11) is 12.6. The number of anilines is 1. The first-order valence-corrected chi connectivity index (χ1v) is 25.5. The number of aliphatic imine (C=N–C) groups is 3. The molecule has 1 aliphatic carbocycles. The van der Waals surface area contributed by atoms with Crippen LogP contribution in [0.5, 0.6) is 69.0 Å². The Labute approximate surface area is 464 Å². The van der Waals surface area contributed by atoms with Crippen molar-refractivity contribution in [3.05, 3.63) is 188 Å². The van der Waals surface area contributed by atoms with Crippen molar-refractivity contribution in [2.45, 2.75) is 32.2 Å². The number of aromatic hydroxyl groups is 4. The highest BCUT2D eigenvalue weighted by molar-refractivity contribution is 5.88. The highest BCUT2D eigenvalue weighted by Gasteiger charge is 2.23. The third-order valence-electron chi connectivity index (χ3n) is 13.9. The molecule has 0 amide bonds. The molecule has 0 fully saturated rings. The summed E-state index contributed by atoms with van der Waals surface area (Å²) in [4.78, 5) is 14.7. The van der Waals surface area contributed by atoms with Crippen LogP contribution in [0.2, 0.25) is 0 Å². The summed E-state index contributed by atoms with van der Waals surface area (Å²) in [6.07, 6.45) is 5.09. The van der Waals surface area contributed by atoms with Gasteiger partial charge in [-0.1, -0.05) is 0 Å². The van der Waals surface area contributed by atoms with Crippen LogP contribution in [0.15, 0.2) is 136 Å². The van der Waals surface area contributed by atoms with Crippen LogP contribution in [0.4, 0.5) is 22.7 Å². The Morgan fingerprint density at radius 2 is 0.625 bits per heavy atom. The molecule has 0 heterocycles. The van der Waals surface area contributed by atoms with Gasteiger partial charge in [-0.2, -0.15) is 0 Å². The molecule has 80 heavy (non-hydrogen) atoms. The quantitative estimate of drug-likeness (QED) is 0.0426. The number of hydrogen-bond donors (Lipinski definition) is 5. The van der Waals surface area contributed by atoms with Crippen molar-refractivity contribution >= 4 is 41.4 Å². The number of phenolic OH excluding ortho intramolecular Hbond substituents is 4. The zero-order chi connectivity index (χ0) is 56.5. The largest absolute Gasteiger partial charge is 0.507 e. The van der Waals surface area contributed by atoms with E-state index in [0.29, 0.717) is 136 Å².